The topological polar surface area (TPSA) is 36.4 Å². The van der Waals surface area contributed by atoms with Crippen LogP contribution in [-0.4, -0.2) is 42.0 Å². The molecule has 4 nitrogen and oxygen atoms in total. The summed E-state index contributed by atoms with van der Waals surface area (Å²) in [5.74, 6) is 0.886. The number of hydrogen-bond acceptors (Lipinski definition) is 3. The molecule has 0 atom stereocenters. The maximum atomic E-state index is 11.8. The molecule has 1 amide bonds. The second kappa shape index (κ2) is 7.82. The van der Waals surface area contributed by atoms with Crippen molar-refractivity contribution in [1.29, 1.82) is 0 Å². The van der Waals surface area contributed by atoms with Gasteiger partial charge in [-0.3, -0.25) is 4.79 Å². The Morgan fingerprint density at radius 2 is 1.75 bits per heavy atom. The van der Waals surface area contributed by atoms with E-state index in [1.54, 1.807) is 6.20 Å². The average Bonchev–Trinajstić information content (AvgIpc) is 2.73. The molecule has 0 radical (unpaired) electrons. The Morgan fingerprint density at radius 1 is 1.04 bits per heavy atom. The zero-order chi connectivity index (χ0) is 19.7. The maximum Gasteiger partial charge on any atom is 0.246 e. The Balaban J connectivity index is 1.72. The predicted molar refractivity (Wildman–Crippen MR) is 116 cm³/mol. The molecule has 2 heterocycles. The van der Waals surface area contributed by atoms with E-state index in [-0.39, 0.29) is 5.91 Å². The fraction of sp³-hybridized carbons (Fsp3) is 0.182. The van der Waals surface area contributed by atoms with Crippen LogP contribution in [0.1, 0.15) is 0 Å². The van der Waals surface area contributed by atoms with E-state index in [0.29, 0.717) is 23.1 Å². The normalized spacial score (nSPS) is 14.4. The number of fused-ring (bicyclic) bond motifs is 1. The lowest BCUT2D eigenvalue weighted by Crippen LogP contribution is -2.48. The number of aromatic nitrogens is 1. The number of carbonyl (C=O) groups excluding carboxylic acids is 1. The smallest absolute Gasteiger partial charge is 0.246 e. The van der Waals surface area contributed by atoms with Crippen LogP contribution < -0.4 is 4.90 Å². The average molecular weight is 412 g/mol. The summed E-state index contributed by atoms with van der Waals surface area (Å²) in [5, 5.41) is 3.46. The van der Waals surface area contributed by atoms with E-state index >= 15 is 0 Å². The first-order valence-corrected chi connectivity index (χ1v) is 9.83. The van der Waals surface area contributed by atoms with E-state index in [1.165, 1.54) is 6.08 Å². The van der Waals surface area contributed by atoms with Crippen LogP contribution in [0.5, 0.6) is 0 Å². The van der Waals surface area contributed by atoms with Gasteiger partial charge < -0.3 is 9.80 Å². The molecule has 4 rings (SSSR count). The zero-order valence-electron chi connectivity index (χ0n) is 15.2. The van der Waals surface area contributed by atoms with E-state index in [0.717, 1.165) is 40.8 Å². The minimum absolute atomic E-state index is 0.0256. The Bertz CT molecular complexity index is 1040. The summed E-state index contributed by atoms with van der Waals surface area (Å²) in [6.45, 7) is 6.33. The van der Waals surface area contributed by atoms with Crippen molar-refractivity contribution >= 4 is 45.7 Å². The highest BCUT2D eigenvalue weighted by atomic mass is 35.5. The van der Waals surface area contributed by atoms with Crippen molar-refractivity contribution in [3.05, 3.63) is 71.4 Å². The molecule has 1 fully saturated rings. The number of anilines is 1. The molecule has 2 aromatic carbocycles. The number of rotatable bonds is 3. The first-order valence-electron chi connectivity index (χ1n) is 9.07. The van der Waals surface area contributed by atoms with Gasteiger partial charge in [0.15, 0.2) is 0 Å². The van der Waals surface area contributed by atoms with E-state index < -0.39 is 0 Å². The van der Waals surface area contributed by atoms with Crippen molar-refractivity contribution in [3.63, 3.8) is 0 Å². The van der Waals surface area contributed by atoms with Crippen LogP contribution in [0.25, 0.3) is 21.9 Å². The lowest BCUT2D eigenvalue weighted by atomic mass is 10.0. The molecule has 28 heavy (non-hydrogen) atoms. The van der Waals surface area contributed by atoms with Crippen molar-refractivity contribution in [2.45, 2.75) is 0 Å². The summed E-state index contributed by atoms with van der Waals surface area (Å²) >= 11 is 12.6. The number of amides is 1. The van der Waals surface area contributed by atoms with Crippen LogP contribution >= 0.6 is 23.2 Å². The summed E-state index contributed by atoms with van der Waals surface area (Å²) in [4.78, 5) is 20.5. The lowest BCUT2D eigenvalue weighted by Gasteiger charge is -2.35. The molecule has 0 saturated carbocycles. The van der Waals surface area contributed by atoms with Gasteiger partial charge in [0.25, 0.3) is 0 Å². The van der Waals surface area contributed by atoms with Gasteiger partial charge in [0.1, 0.15) is 5.82 Å². The molecule has 142 valence electrons. The van der Waals surface area contributed by atoms with Gasteiger partial charge in [-0.2, -0.15) is 0 Å². The third-order valence-corrected chi connectivity index (χ3v) is 5.62. The van der Waals surface area contributed by atoms with Crippen molar-refractivity contribution in [1.82, 2.24) is 9.88 Å². The molecule has 6 heteroatoms. The Hall–Kier alpha value is -2.56. The highest BCUT2D eigenvalue weighted by molar-refractivity contribution is 6.34. The van der Waals surface area contributed by atoms with Gasteiger partial charge in [0.05, 0.1) is 0 Å². The Morgan fingerprint density at radius 3 is 2.43 bits per heavy atom. The molecule has 0 N–H and O–H groups in total. The van der Waals surface area contributed by atoms with E-state index in [1.807, 2.05) is 41.3 Å². The van der Waals surface area contributed by atoms with Gasteiger partial charge >= 0.3 is 0 Å². The summed E-state index contributed by atoms with van der Waals surface area (Å²) in [7, 11) is 0. The van der Waals surface area contributed by atoms with Crippen molar-refractivity contribution in [3.8, 4) is 11.1 Å². The first-order chi connectivity index (χ1) is 13.6. The van der Waals surface area contributed by atoms with Crippen molar-refractivity contribution in [2.75, 3.05) is 31.1 Å². The molecule has 0 unspecified atom stereocenters. The molecule has 1 aliphatic heterocycles. The molecule has 1 saturated heterocycles. The molecule has 0 bridgehead atoms. The van der Waals surface area contributed by atoms with Gasteiger partial charge in [-0.25, -0.2) is 4.98 Å². The number of halogens is 2. The number of hydrogen-bond donors (Lipinski definition) is 0. The molecule has 0 spiro atoms. The molecule has 3 aromatic rings. The second-order valence-electron chi connectivity index (χ2n) is 6.71. The van der Waals surface area contributed by atoms with Gasteiger partial charge in [-0.15, -0.1) is 0 Å². The van der Waals surface area contributed by atoms with Crippen LogP contribution in [0.15, 0.2) is 61.3 Å². The molecular formula is C22H19Cl2N3O. The lowest BCUT2D eigenvalue weighted by molar-refractivity contribution is -0.126. The Kier molecular flexibility index (Phi) is 5.25. The third kappa shape index (κ3) is 3.58. The Labute approximate surface area is 174 Å². The molecule has 1 aromatic heterocycles. The quantitative estimate of drug-likeness (QED) is 0.566. The number of pyridine rings is 1. The monoisotopic (exact) mass is 411 g/mol. The number of carbonyl (C=O) groups is 1. The molecule has 1 aliphatic rings. The maximum absolute atomic E-state index is 11.8. The number of nitrogens with zero attached hydrogens (tertiary/aromatic N) is 3. The number of benzene rings is 2. The van der Waals surface area contributed by atoms with Crippen LogP contribution in [-0.2, 0) is 4.79 Å². The van der Waals surface area contributed by atoms with Crippen molar-refractivity contribution in [2.24, 2.45) is 0 Å². The highest BCUT2D eigenvalue weighted by Crippen LogP contribution is 2.36. The second-order valence-corrected chi connectivity index (χ2v) is 7.55. The molecular weight excluding hydrogens is 393 g/mol. The molecule has 0 aliphatic carbocycles. The fourth-order valence-electron chi connectivity index (χ4n) is 3.55. The predicted octanol–water partition coefficient (Wildman–Crippen LogP) is 5.04. The third-order valence-electron chi connectivity index (χ3n) is 5.05. The van der Waals surface area contributed by atoms with Crippen LogP contribution in [0.4, 0.5) is 5.82 Å². The number of piperazine rings is 1. The summed E-state index contributed by atoms with van der Waals surface area (Å²) < 4.78 is 0. The van der Waals surface area contributed by atoms with Gasteiger partial charge in [0.2, 0.25) is 5.91 Å². The SMILES string of the molecule is C=CC(=O)N1CCN(c2nccc3cc(Cl)c(-c4ccc(Cl)cc4)cc23)CC1. The fourth-order valence-corrected chi connectivity index (χ4v) is 3.96. The van der Waals surface area contributed by atoms with E-state index in [4.69, 9.17) is 23.2 Å². The van der Waals surface area contributed by atoms with Crippen LogP contribution in [0.2, 0.25) is 10.0 Å². The van der Waals surface area contributed by atoms with E-state index in [2.05, 4.69) is 22.5 Å². The standard InChI is InChI=1S/C22H19Cl2N3O/c1-2-21(28)26-9-11-27(12-10-26)22-19-14-18(15-3-5-17(23)6-4-15)20(24)13-16(19)7-8-25-22/h2-8,13-14H,1,9-12H2. The summed E-state index contributed by atoms with van der Waals surface area (Å²) in [6, 6.07) is 13.7. The van der Waals surface area contributed by atoms with E-state index in [9.17, 15) is 4.79 Å². The largest absolute Gasteiger partial charge is 0.353 e. The summed E-state index contributed by atoms with van der Waals surface area (Å²) in [5.41, 5.74) is 1.95. The minimum atomic E-state index is -0.0256. The van der Waals surface area contributed by atoms with Crippen molar-refractivity contribution < 1.29 is 4.79 Å². The van der Waals surface area contributed by atoms with Crippen LogP contribution in [0.3, 0.4) is 0 Å². The summed E-state index contributed by atoms with van der Waals surface area (Å²) in [6.07, 6.45) is 3.17. The minimum Gasteiger partial charge on any atom is -0.353 e. The van der Waals surface area contributed by atoms with Crippen LogP contribution in [0, 0.1) is 0 Å². The highest BCUT2D eigenvalue weighted by Gasteiger charge is 2.22. The van der Waals surface area contributed by atoms with Gasteiger partial charge in [0, 0.05) is 53.4 Å². The first kappa shape index (κ1) is 18.8. The zero-order valence-corrected chi connectivity index (χ0v) is 16.7. The van der Waals surface area contributed by atoms with Gasteiger partial charge in [-0.1, -0.05) is 41.9 Å². The van der Waals surface area contributed by atoms with Gasteiger partial charge in [-0.05, 0) is 47.4 Å².